The Balaban J connectivity index is 1.13. The van der Waals surface area contributed by atoms with Gasteiger partial charge in [-0.3, -0.25) is 34.2 Å². The monoisotopic (exact) mass is 737 g/mol. The van der Waals surface area contributed by atoms with Crippen molar-refractivity contribution in [3.8, 4) is 0 Å². The number of likely N-dealkylation sites (N-methyl/N-ethyl adjacent to an activating group) is 1. The number of fused-ring (bicyclic) bond motifs is 2. The number of nitro groups is 1. The Morgan fingerprint density at radius 2 is 1.76 bits per heavy atom. The van der Waals surface area contributed by atoms with E-state index in [0.717, 1.165) is 55.2 Å². The van der Waals surface area contributed by atoms with Gasteiger partial charge in [-0.15, -0.1) is 0 Å². The number of benzene rings is 2. The summed E-state index contributed by atoms with van der Waals surface area (Å²) >= 11 is 0. The average molecular weight is 738 g/mol. The molecule has 54 heavy (non-hydrogen) atoms. The minimum Gasteiger partial charge on any atom is -0.369 e. The summed E-state index contributed by atoms with van der Waals surface area (Å²) in [5.74, 6) is -2.02. The van der Waals surface area contributed by atoms with Crippen LogP contribution in [0.15, 0.2) is 54.7 Å². The van der Waals surface area contributed by atoms with Crippen LogP contribution in [-0.2, 0) is 32.0 Å². The van der Waals surface area contributed by atoms with Gasteiger partial charge in [0.25, 0.3) is 5.69 Å². The number of non-ortho nitro benzene ring substituents is 1. The molecule has 1 aromatic heterocycles. The van der Waals surface area contributed by atoms with Crippen LogP contribution in [0.2, 0.25) is 0 Å². The maximum absolute atomic E-state index is 14.4. The number of likely N-dealkylation sites (tertiary alicyclic amines) is 1. The molecule has 1 saturated carbocycles. The molecule has 2 aromatic carbocycles. The zero-order valence-electron chi connectivity index (χ0n) is 30.9. The molecule has 2 fully saturated rings. The van der Waals surface area contributed by atoms with Crippen LogP contribution in [0.25, 0.3) is 16.5 Å². The quantitative estimate of drug-likeness (QED) is 0.158. The summed E-state index contributed by atoms with van der Waals surface area (Å²) in [5.41, 5.74) is 10.8. The Hall–Kier alpha value is -5.04. The van der Waals surface area contributed by atoms with Crippen molar-refractivity contribution in [3.63, 3.8) is 0 Å². The van der Waals surface area contributed by atoms with E-state index in [1.54, 1.807) is 17.0 Å². The predicted molar refractivity (Wildman–Crippen MR) is 205 cm³/mol. The average Bonchev–Trinajstić information content (AvgIpc) is 3.60. The van der Waals surface area contributed by atoms with E-state index < -0.39 is 40.7 Å². The molecular weight excluding hydrogens is 686 g/mol. The van der Waals surface area contributed by atoms with Gasteiger partial charge in [0.1, 0.15) is 12.1 Å². The molecule has 3 aromatic rings. The second-order valence-corrected chi connectivity index (χ2v) is 15.8. The summed E-state index contributed by atoms with van der Waals surface area (Å²) in [7, 11) is 2.04. The summed E-state index contributed by atoms with van der Waals surface area (Å²) in [6, 6.07) is 10.4. The van der Waals surface area contributed by atoms with Crippen LogP contribution in [0, 0.1) is 27.9 Å². The molecule has 13 nitrogen and oxygen atoms in total. The maximum Gasteiger partial charge on any atom is 0.269 e. The highest BCUT2D eigenvalue weighted by Gasteiger charge is 2.38. The molecule has 0 radical (unpaired) electrons. The van der Waals surface area contributed by atoms with Gasteiger partial charge in [-0.25, -0.2) is 0 Å². The number of nitrogens with two attached hydrogens (primary N) is 1. The number of H-pyrrole nitrogens is 1. The van der Waals surface area contributed by atoms with E-state index in [9.17, 15) is 29.3 Å². The fourth-order valence-corrected chi connectivity index (χ4v) is 9.13. The molecule has 2 aliphatic carbocycles. The van der Waals surface area contributed by atoms with E-state index in [4.69, 9.17) is 5.73 Å². The molecule has 1 unspecified atom stereocenters. The predicted octanol–water partition coefficient (Wildman–Crippen LogP) is 4.24. The first-order chi connectivity index (χ1) is 26.0. The number of piperidine rings is 1. The van der Waals surface area contributed by atoms with Gasteiger partial charge in [0.15, 0.2) is 0 Å². The molecular formula is C41H51N7O6. The van der Waals surface area contributed by atoms with Crippen LogP contribution in [0.3, 0.4) is 0 Å². The molecule has 5 N–H and O–H groups in total. The van der Waals surface area contributed by atoms with E-state index in [1.165, 1.54) is 29.5 Å². The zero-order valence-corrected chi connectivity index (χ0v) is 30.9. The van der Waals surface area contributed by atoms with E-state index in [-0.39, 0.29) is 36.5 Å². The van der Waals surface area contributed by atoms with Crippen molar-refractivity contribution in [2.45, 2.75) is 88.8 Å². The summed E-state index contributed by atoms with van der Waals surface area (Å²) < 4.78 is 0. The number of carbonyl (C=O) groups is 4. The number of aromatic nitrogens is 1. The highest BCUT2D eigenvalue weighted by Crippen LogP contribution is 2.41. The Morgan fingerprint density at radius 3 is 2.50 bits per heavy atom. The Labute approximate surface area is 315 Å². The summed E-state index contributed by atoms with van der Waals surface area (Å²) in [4.78, 5) is 72.8. The van der Waals surface area contributed by atoms with Crippen molar-refractivity contribution in [2.24, 2.45) is 23.5 Å². The third-order valence-electron chi connectivity index (χ3n) is 12.2. The third-order valence-corrected chi connectivity index (χ3v) is 12.2. The van der Waals surface area contributed by atoms with Crippen molar-refractivity contribution in [1.82, 2.24) is 25.4 Å². The third kappa shape index (κ3) is 8.06. The topological polar surface area (TPSA) is 184 Å². The van der Waals surface area contributed by atoms with Gasteiger partial charge >= 0.3 is 0 Å². The van der Waals surface area contributed by atoms with Crippen LogP contribution in [-0.4, -0.2) is 88.1 Å². The fourth-order valence-electron chi connectivity index (χ4n) is 9.13. The van der Waals surface area contributed by atoms with Crippen molar-refractivity contribution in [2.75, 3.05) is 26.7 Å². The Kier molecular flexibility index (Phi) is 11.1. The van der Waals surface area contributed by atoms with E-state index >= 15 is 0 Å². The van der Waals surface area contributed by atoms with Gasteiger partial charge in [-0.1, -0.05) is 62.4 Å². The summed E-state index contributed by atoms with van der Waals surface area (Å²) in [5, 5.41) is 18.6. The van der Waals surface area contributed by atoms with Gasteiger partial charge in [0.05, 0.1) is 16.8 Å². The minimum absolute atomic E-state index is 0.0791. The molecule has 286 valence electrons. The number of carbonyl (C=O) groups excluding carboxylic acids is 4. The van der Waals surface area contributed by atoms with Gasteiger partial charge < -0.3 is 26.3 Å². The Morgan fingerprint density at radius 1 is 0.981 bits per heavy atom. The minimum atomic E-state index is -1.03. The summed E-state index contributed by atoms with van der Waals surface area (Å²) in [6.45, 7) is 1.08. The van der Waals surface area contributed by atoms with Crippen LogP contribution >= 0.6 is 0 Å². The molecule has 7 rings (SSSR count). The lowest BCUT2D eigenvalue weighted by atomic mass is 9.79. The maximum atomic E-state index is 14.4. The number of hydrogen-bond donors (Lipinski definition) is 4. The molecule has 4 amide bonds. The summed E-state index contributed by atoms with van der Waals surface area (Å²) in [6.07, 6.45) is 13.2. The van der Waals surface area contributed by atoms with Crippen molar-refractivity contribution >= 4 is 45.8 Å². The van der Waals surface area contributed by atoms with Gasteiger partial charge in [-0.2, -0.15) is 0 Å². The number of nitro benzene ring substituents is 1. The van der Waals surface area contributed by atoms with E-state index in [0.29, 0.717) is 43.8 Å². The van der Waals surface area contributed by atoms with Gasteiger partial charge in [0.2, 0.25) is 23.6 Å². The van der Waals surface area contributed by atoms with Gasteiger partial charge in [0, 0.05) is 61.3 Å². The number of nitrogens with zero attached hydrogens (tertiary/aromatic N) is 3. The lowest BCUT2D eigenvalue weighted by molar-refractivity contribution is -0.384. The standard InChI is InChI=1S/C41H51N7O6/c1-46-23-29(20-32-31-10-5-11-33-37(31)28(22-43-33)21-36(32)46)39(50)44-34(17-14-25-7-3-2-4-8-25)40(51)45-35(19-26-12-15-30(16-13-26)48(53)54)41(52)47-18-6-9-27(24-47)38(42)49/h5,10-13,15-16,20,22,25,27,29,34-36,43H,2-4,6-9,14,17-19,21,23-24H2,1H3,(H2,42,49)(H,44,50)(H,45,51)/t27?,29-,34+,35+,36-/m1/s1. The number of rotatable bonds is 12. The SMILES string of the molecule is CN1C[C@H](C(=O)N[C@@H](CCC2CCCCC2)C(=O)N[C@@H](Cc2ccc([N+](=O)[O-])cc2)C(=O)N2CCCC(C(N)=O)C2)C=C2c3cccc4[nH]cc(c34)C[C@H]21. The smallest absolute Gasteiger partial charge is 0.269 e. The van der Waals surface area contributed by atoms with Crippen molar-refractivity contribution in [1.29, 1.82) is 0 Å². The molecule has 4 aliphatic rings. The zero-order chi connectivity index (χ0) is 37.9. The second kappa shape index (κ2) is 16.1. The highest BCUT2D eigenvalue weighted by molar-refractivity contribution is 6.00. The van der Waals surface area contributed by atoms with Crippen LogP contribution in [0.5, 0.6) is 0 Å². The van der Waals surface area contributed by atoms with Crippen molar-refractivity contribution < 1.29 is 24.1 Å². The number of nitrogens with one attached hydrogen (secondary N) is 3. The van der Waals surface area contributed by atoms with E-state index in [1.807, 2.05) is 13.1 Å². The number of hydrogen-bond acceptors (Lipinski definition) is 7. The first-order valence-electron chi connectivity index (χ1n) is 19.5. The number of aromatic amines is 1. The highest BCUT2D eigenvalue weighted by atomic mass is 16.6. The fraction of sp³-hybridized carbons (Fsp3) is 0.512. The number of primary amides is 1. The first kappa shape index (κ1) is 37.3. The van der Waals surface area contributed by atoms with E-state index in [2.05, 4.69) is 44.9 Å². The van der Waals surface area contributed by atoms with Crippen molar-refractivity contribution in [3.05, 3.63) is 81.5 Å². The molecule has 2 aliphatic heterocycles. The lowest BCUT2D eigenvalue weighted by Crippen LogP contribution is -2.57. The molecule has 1 saturated heterocycles. The molecule has 0 bridgehead atoms. The lowest BCUT2D eigenvalue weighted by Gasteiger charge is -2.39. The Bertz CT molecular complexity index is 1930. The number of amides is 4. The van der Waals surface area contributed by atoms with Crippen LogP contribution in [0.1, 0.15) is 74.5 Å². The second-order valence-electron chi connectivity index (χ2n) is 15.8. The first-order valence-corrected chi connectivity index (χ1v) is 19.5. The largest absolute Gasteiger partial charge is 0.369 e. The molecule has 5 atom stereocenters. The molecule has 13 heteroatoms. The normalized spacial score (nSPS) is 22.8. The van der Waals surface area contributed by atoms with Crippen LogP contribution < -0.4 is 16.4 Å². The van der Waals surface area contributed by atoms with Crippen LogP contribution in [0.4, 0.5) is 5.69 Å². The van der Waals surface area contributed by atoms with Gasteiger partial charge in [-0.05, 0) is 73.4 Å². The molecule has 0 spiro atoms. The molecule has 3 heterocycles.